The predicted molar refractivity (Wildman–Crippen MR) is 102 cm³/mol. The van der Waals surface area contributed by atoms with Gasteiger partial charge in [-0.05, 0) is 43.2 Å². The molecular weight excluding hydrogens is 361 g/mol. The van der Waals surface area contributed by atoms with E-state index in [1.165, 1.54) is 6.07 Å². The molecule has 6 nitrogen and oxygen atoms in total. The number of carbonyl (C=O) groups is 1. The zero-order valence-electron chi connectivity index (χ0n) is 15.8. The molecule has 2 N–H and O–H groups in total. The number of hydrogen-bond donors (Lipinski definition) is 1. The Hall–Kier alpha value is -2.80. The Morgan fingerprint density at radius 2 is 2.14 bits per heavy atom. The van der Waals surface area contributed by atoms with E-state index in [2.05, 4.69) is 9.98 Å². The topological polar surface area (TPSA) is 86.8 Å². The van der Waals surface area contributed by atoms with E-state index in [-0.39, 0.29) is 30.2 Å². The first kappa shape index (κ1) is 18.6. The quantitative estimate of drug-likeness (QED) is 0.820. The van der Waals surface area contributed by atoms with Gasteiger partial charge in [0, 0.05) is 18.2 Å². The van der Waals surface area contributed by atoms with Crippen LogP contribution in [0.5, 0.6) is 0 Å². The molecule has 1 saturated heterocycles. The van der Waals surface area contributed by atoms with Crippen LogP contribution in [0.25, 0.3) is 0 Å². The average molecular weight is 383 g/mol. The van der Waals surface area contributed by atoms with Crippen LogP contribution in [-0.2, 0) is 21.4 Å². The highest BCUT2D eigenvalue weighted by Gasteiger charge is 2.50. The third-order valence-corrected chi connectivity index (χ3v) is 5.50. The number of amidine groups is 1. The first-order valence-corrected chi connectivity index (χ1v) is 9.21. The molecule has 2 aromatic rings. The van der Waals surface area contributed by atoms with E-state index in [1.54, 1.807) is 24.4 Å². The van der Waals surface area contributed by atoms with Gasteiger partial charge in [-0.25, -0.2) is 9.38 Å². The summed E-state index contributed by atoms with van der Waals surface area (Å²) in [4.78, 5) is 21.2. The third-order valence-electron chi connectivity index (χ3n) is 5.50. The van der Waals surface area contributed by atoms with Crippen molar-refractivity contribution < 1.29 is 18.7 Å². The van der Waals surface area contributed by atoms with Gasteiger partial charge in [0.05, 0.1) is 24.7 Å². The van der Waals surface area contributed by atoms with Crippen LogP contribution in [0, 0.1) is 18.7 Å². The largest absolute Gasteiger partial charge is 0.459 e. The molecule has 1 aromatic carbocycles. The minimum atomic E-state index is -0.922. The molecule has 0 bridgehead atoms. The van der Waals surface area contributed by atoms with E-state index in [4.69, 9.17) is 15.2 Å². The SMILES string of the molecule is Cc1ccc(C(=O)Cc2ccc(F)c([C@@]3(C)N=C(N)OC4COCC43)c2)nc1. The number of rotatable bonds is 4. The number of halogens is 1. The molecule has 3 atom stereocenters. The van der Waals surface area contributed by atoms with Gasteiger partial charge < -0.3 is 15.2 Å². The molecular formula is C21H22FN3O3. The number of ether oxygens (including phenoxy) is 2. The van der Waals surface area contributed by atoms with Crippen LogP contribution >= 0.6 is 0 Å². The number of hydrogen-bond acceptors (Lipinski definition) is 6. The standard InChI is InChI=1S/C21H22FN3O3/c1-12-3-6-17(24-9-12)18(26)8-13-4-5-16(22)14(7-13)21(2)15-10-27-11-19(15)28-20(23)25-21/h3-7,9,15,19H,8,10-11H2,1-2H3,(H2,23,25)/t15?,19?,21-/m1/s1. The summed E-state index contributed by atoms with van der Waals surface area (Å²) >= 11 is 0. The number of ketones is 1. The van der Waals surface area contributed by atoms with Crippen molar-refractivity contribution >= 4 is 11.8 Å². The summed E-state index contributed by atoms with van der Waals surface area (Å²) in [7, 11) is 0. The molecule has 28 heavy (non-hydrogen) atoms. The van der Waals surface area contributed by atoms with Crippen LogP contribution in [0.3, 0.4) is 0 Å². The molecule has 2 aliphatic heterocycles. The summed E-state index contributed by atoms with van der Waals surface area (Å²) < 4.78 is 25.9. The first-order valence-electron chi connectivity index (χ1n) is 9.21. The van der Waals surface area contributed by atoms with Gasteiger partial charge in [-0.3, -0.25) is 9.78 Å². The van der Waals surface area contributed by atoms with Gasteiger partial charge in [-0.15, -0.1) is 0 Å². The number of benzene rings is 1. The van der Waals surface area contributed by atoms with Crippen molar-refractivity contribution in [3.05, 3.63) is 64.7 Å². The van der Waals surface area contributed by atoms with Crippen molar-refractivity contribution in [2.24, 2.45) is 16.6 Å². The molecule has 0 amide bonds. The van der Waals surface area contributed by atoms with Gasteiger partial charge in [0.1, 0.15) is 17.6 Å². The number of pyridine rings is 1. The summed E-state index contributed by atoms with van der Waals surface area (Å²) in [5, 5.41) is 0. The lowest BCUT2D eigenvalue weighted by Gasteiger charge is -2.38. The zero-order chi connectivity index (χ0) is 19.9. The Labute approximate surface area is 162 Å². The summed E-state index contributed by atoms with van der Waals surface area (Å²) in [6, 6.07) is 8.25. The van der Waals surface area contributed by atoms with Gasteiger partial charge in [0.25, 0.3) is 6.02 Å². The second-order valence-electron chi connectivity index (χ2n) is 7.53. The Kier molecular flexibility index (Phi) is 4.63. The maximum atomic E-state index is 14.8. The highest BCUT2D eigenvalue weighted by molar-refractivity contribution is 5.95. The van der Waals surface area contributed by atoms with Crippen LogP contribution in [0.15, 0.2) is 41.5 Å². The lowest BCUT2D eigenvalue weighted by molar-refractivity contribution is 0.0816. The minimum absolute atomic E-state index is 0.0268. The number of Topliss-reactive ketones (excluding diaryl/α,β-unsaturated/α-hetero) is 1. The van der Waals surface area contributed by atoms with Crippen LogP contribution in [0.2, 0.25) is 0 Å². The first-order chi connectivity index (χ1) is 13.4. The maximum Gasteiger partial charge on any atom is 0.283 e. The van der Waals surface area contributed by atoms with E-state index >= 15 is 0 Å². The molecule has 7 heteroatoms. The van der Waals surface area contributed by atoms with Crippen LogP contribution in [0.4, 0.5) is 4.39 Å². The van der Waals surface area contributed by atoms with E-state index in [0.717, 1.165) is 5.56 Å². The van der Waals surface area contributed by atoms with Crippen molar-refractivity contribution in [3.8, 4) is 0 Å². The Morgan fingerprint density at radius 3 is 2.89 bits per heavy atom. The molecule has 1 fully saturated rings. The monoisotopic (exact) mass is 383 g/mol. The van der Waals surface area contributed by atoms with Gasteiger partial charge in [0.15, 0.2) is 5.78 Å². The smallest absolute Gasteiger partial charge is 0.283 e. The highest BCUT2D eigenvalue weighted by Crippen LogP contribution is 2.43. The minimum Gasteiger partial charge on any atom is -0.459 e. The van der Waals surface area contributed by atoms with E-state index in [1.807, 2.05) is 19.9 Å². The lowest BCUT2D eigenvalue weighted by Crippen LogP contribution is -2.47. The predicted octanol–water partition coefficient (Wildman–Crippen LogP) is 2.53. The number of fused-ring (bicyclic) bond motifs is 1. The Morgan fingerprint density at radius 1 is 1.32 bits per heavy atom. The van der Waals surface area contributed by atoms with Crippen LogP contribution in [-0.4, -0.2) is 36.1 Å². The molecule has 2 unspecified atom stereocenters. The van der Waals surface area contributed by atoms with E-state index in [0.29, 0.717) is 30.0 Å². The number of aryl methyl sites for hydroxylation is 1. The molecule has 0 saturated carbocycles. The van der Waals surface area contributed by atoms with Gasteiger partial charge in [-0.2, -0.15) is 0 Å². The van der Waals surface area contributed by atoms with Gasteiger partial charge >= 0.3 is 0 Å². The molecule has 0 aliphatic carbocycles. The average Bonchev–Trinajstić information content (AvgIpc) is 3.13. The molecule has 0 radical (unpaired) electrons. The molecule has 2 aliphatic rings. The van der Waals surface area contributed by atoms with Crippen LogP contribution in [0.1, 0.15) is 34.1 Å². The van der Waals surface area contributed by atoms with Gasteiger partial charge in [-0.1, -0.05) is 12.1 Å². The van der Waals surface area contributed by atoms with Gasteiger partial charge in [0.2, 0.25) is 0 Å². The summed E-state index contributed by atoms with van der Waals surface area (Å²) in [6.07, 6.45) is 1.52. The second-order valence-corrected chi connectivity index (χ2v) is 7.53. The number of nitrogens with zero attached hydrogens (tertiary/aromatic N) is 2. The number of aliphatic imine (C=N–C) groups is 1. The van der Waals surface area contributed by atoms with Crippen molar-refractivity contribution in [1.82, 2.24) is 4.98 Å². The number of nitrogens with two attached hydrogens (primary N) is 1. The van der Waals surface area contributed by atoms with Crippen molar-refractivity contribution in [2.75, 3.05) is 13.2 Å². The molecule has 3 heterocycles. The number of aromatic nitrogens is 1. The van der Waals surface area contributed by atoms with E-state index < -0.39 is 11.4 Å². The second kappa shape index (κ2) is 6.98. The maximum absolute atomic E-state index is 14.8. The Bertz CT molecular complexity index is 944. The summed E-state index contributed by atoms with van der Waals surface area (Å²) in [6.45, 7) is 4.55. The molecule has 0 spiro atoms. The third kappa shape index (κ3) is 3.26. The molecule has 146 valence electrons. The fraction of sp³-hybridized carbons (Fsp3) is 0.381. The normalized spacial score (nSPS) is 26.3. The highest BCUT2D eigenvalue weighted by atomic mass is 19.1. The lowest BCUT2D eigenvalue weighted by atomic mass is 9.77. The van der Waals surface area contributed by atoms with Crippen molar-refractivity contribution in [3.63, 3.8) is 0 Å². The Balaban J connectivity index is 1.66. The van der Waals surface area contributed by atoms with Crippen molar-refractivity contribution in [1.29, 1.82) is 0 Å². The summed E-state index contributed by atoms with van der Waals surface area (Å²) in [5.74, 6) is -0.671. The molecule has 4 rings (SSSR count). The van der Waals surface area contributed by atoms with E-state index in [9.17, 15) is 9.18 Å². The van der Waals surface area contributed by atoms with Crippen LogP contribution < -0.4 is 5.73 Å². The summed E-state index contributed by atoms with van der Waals surface area (Å²) in [5.41, 5.74) is 7.38. The zero-order valence-corrected chi connectivity index (χ0v) is 15.8. The van der Waals surface area contributed by atoms with Crippen molar-refractivity contribution in [2.45, 2.75) is 31.9 Å². The fourth-order valence-corrected chi connectivity index (χ4v) is 3.91. The number of carbonyl (C=O) groups excluding carboxylic acids is 1. The fourth-order valence-electron chi connectivity index (χ4n) is 3.91. The molecule has 1 aromatic heterocycles.